The Morgan fingerprint density at radius 2 is 2.30 bits per heavy atom. The number of likely N-dealkylation sites (tertiary alicyclic amines) is 1. The number of hydrogen-bond acceptors (Lipinski definition) is 3. The van der Waals surface area contributed by atoms with E-state index in [4.69, 9.17) is 11.6 Å². The molecule has 20 heavy (non-hydrogen) atoms. The minimum Gasteiger partial charge on any atom is -0.369 e. The Bertz CT molecular complexity index is 502. The van der Waals surface area contributed by atoms with E-state index >= 15 is 0 Å². The van der Waals surface area contributed by atoms with Crippen LogP contribution < -0.4 is 5.32 Å². The molecule has 1 fully saturated rings. The van der Waals surface area contributed by atoms with Crippen LogP contribution >= 0.6 is 11.6 Å². The maximum atomic E-state index is 12.4. The van der Waals surface area contributed by atoms with Gasteiger partial charge >= 0.3 is 0 Å². The van der Waals surface area contributed by atoms with Crippen LogP contribution in [0.5, 0.6) is 0 Å². The van der Waals surface area contributed by atoms with Gasteiger partial charge in [-0.3, -0.25) is 4.79 Å². The highest BCUT2D eigenvalue weighted by atomic mass is 35.5. The third-order valence-corrected chi connectivity index (χ3v) is 3.88. The van der Waals surface area contributed by atoms with Gasteiger partial charge in [0, 0.05) is 25.8 Å². The average molecular weight is 296 g/mol. The van der Waals surface area contributed by atoms with Crippen LogP contribution in [0.25, 0.3) is 0 Å². The van der Waals surface area contributed by atoms with Gasteiger partial charge in [-0.15, -0.1) is 0 Å². The number of nitrogens with one attached hydrogen (secondary N) is 1. The van der Waals surface area contributed by atoms with Crippen LogP contribution in [0.1, 0.15) is 44.0 Å². The van der Waals surface area contributed by atoms with E-state index in [0.717, 1.165) is 32.5 Å². The maximum absolute atomic E-state index is 12.4. The van der Waals surface area contributed by atoms with Crippen molar-refractivity contribution < 1.29 is 4.79 Å². The maximum Gasteiger partial charge on any atom is 0.255 e. The number of pyridine rings is 1. The lowest BCUT2D eigenvalue weighted by Crippen LogP contribution is -2.30. The molecule has 4 nitrogen and oxygen atoms in total. The zero-order valence-corrected chi connectivity index (χ0v) is 13.1. The summed E-state index contributed by atoms with van der Waals surface area (Å²) in [7, 11) is 0. The van der Waals surface area contributed by atoms with Gasteiger partial charge in [-0.05, 0) is 24.3 Å². The van der Waals surface area contributed by atoms with Crippen LogP contribution in [0.4, 0.5) is 5.82 Å². The Hall–Kier alpha value is -1.29. The predicted molar refractivity (Wildman–Crippen MR) is 82.3 cm³/mol. The molecule has 5 heteroatoms. The van der Waals surface area contributed by atoms with Crippen LogP contribution in [-0.2, 0) is 0 Å². The lowest BCUT2D eigenvalue weighted by molar-refractivity contribution is 0.0778. The van der Waals surface area contributed by atoms with Crippen LogP contribution in [-0.4, -0.2) is 35.4 Å². The number of anilines is 1. The Balaban J connectivity index is 2.09. The highest BCUT2D eigenvalue weighted by Gasteiger charge is 2.32. The molecule has 0 aliphatic carbocycles. The van der Waals surface area contributed by atoms with Gasteiger partial charge in [-0.1, -0.05) is 32.4 Å². The summed E-state index contributed by atoms with van der Waals surface area (Å²) >= 11 is 6.18. The molecular formula is C15H22ClN3O. The van der Waals surface area contributed by atoms with Gasteiger partial charge in [0.2, 0.25) is 0 Å². The second kappa shape index (κ2) is 6.00. The van der Waals surface area contributed by atoms with Crippen molar-refractivity contribution in [2.75, 3.05) is 25.0 Å². The number of rotatable bonds is 4. The van der Waals surface area contributed by atoms with Crippen molar-refractivity contribution in [2.24, 2.45) is 5.41 Å². The van der Waals surface area contributed by atoms with Crippen molar-refractivity contribution in [1.29, 1.82) is 0 Å². The van der Waals surface area contributed by atoms with Gasteiger partial charge in [0.15, 0.2) is 0 Å². The fourth-order valence-corrected chi connectivity index (χ4v) is 2.63. The second-order valence-electron chi connectivity index (χ2n) is 6.12. The molecule has 1 amide bonds. The Morgan fingerprint density at radius 1 is 1.55 bits per heavy atom. The smallest absolute Gasteiger partial charge is 0.255 e. The van der Waals surface area contributed by atoms with Gasteiger partial charge in [-0.2, -0.15) is 0 Å². The normalized spacial score (nSPS) is 17.3. The molecule has 1 aromatic rings. The van der Waals surface area contributed by atoms with Crippen LogP contribution in [0.3, 0.4) is 0 Å². The summed E-state index contributed by atoms with van der Waals surface area (Å²) in [4.78, 5) is 18.6. The first-order chi connectivity index (χ1) is 9.43. The van der Waals surface area contributed by atoms with Crippen LogP contribution in [0.15, 0.2) is 12.3 Å². The van der Waals surface area contributed by atoms with Crippen molar-refractivity contribution in [1.82, 2.24) is 9.88 Å². The van der Waals surface area contributed by atoms with Crippen molar-refractivity contribution in [3.05, 3.63) is 22.8 Å². The number of aromatic nitrogens is 1. The number of hydrogen-bond donors (Lipinski definition) is 1. The van der Waals surface area contributed by atoms with E-state index < -0.39 is 0 Å². The van der Waals surface area contributed by atoms with Crippen molar-refractivity contribution in [2.45, 2.75) is 33.6 Å². The van der Waals surface area contributed by atoms with E-state index in [1.807, 2.05) is 4.90 Å². The minimum atomic E-state index is 0.0204. The predicted octanol–water partition coefficient (Wildman–Crippen LogP) is 3.43. The molecule has 0 atom stereocenters. The van der Waals surface area contributed by atoms with Gasteiger partial charge in [0.25, 0.3) is 5.91 Å². The second-order valence-corrected chi connectivity index (χ2v) is 6.53. The van der Waals surface area contributed by atoms with Gasteiger partial charge in [0.1, 0.15) is 5.82 Å². The van der Waals surface area contributed by atoms with E-state index in [1.165, 1.54) is 0 Å². The molecule has 2 heterocycles. The first-order valence-corrected chi connectivity index (χ1v) is 7.49. The number of nitrogens with zero attached hydrogens (tertiary/aromatic N) is 2. The first-order valence-electron chi connectivity index (χ1n) is 7.11. The fraction of sp³-hybridized carbons (Fsp3) is 0.600. The van der Waals surface area contributed by atoms with Crippen molar-refractivity contribution in [3.63, 3.8) is 0 Å². The van der Waals surface area contributed by atoms with Gasteiger partial charge in [0.05, 0.1) is 10.6 Å². The summed E-state index contributed by atoms with van der Waals surface area (Å²) in [5.74, 6) is 0.666. The van der Waals surface area contributed by atoms with Crippen molar-refractivity contribution >= 4 is 23.3 Å². The van der Waals surface area contributed by atoms with E-state index in [-0.39, 0.29) is 11.3 Å². The Kier molecular flexibility index (Phi) is 4.53. The lowest BCUT2D eigenvalue weighted by Gasteiger charge is -2.20. The molecule has 1 saturated heterocycles. The zero-order chi connectivity index (χ0) is 14.8. The average Bonchev–Trinajstić information content (AvgIpc) is 2.77. The van der Waals surface area contributed by atoms with Gasteiger partial charge in [-0.25, -0.2) is 4.98 Å². The summed E-state index contributed by atoms with van der Waals surface area (Å²) in [6, 6.07) is 1.71. The third-order valence-electron chi connectivity index (χ3n) is 3.60. The summed E-state index contributed by atoms with van der Waals surface area (Å²) in [5.41, 5.74) is 0.768. The molecule has 2 rings (SSSR count). The summed E-state index contributed by atoms with van der Waals surface area (Å²) in [5, 5.41) is 3.65. The number of halogens is 1. The highest BCUT2D eigenvalue weighted by molar-refractivity contribution is 6.33. The zero-order valence-electron chi connectivity index (χ0n) is 12.4. The molecule has 0 aromatic carbocycles. The van der Waals surface area contributed by atoms with E-state index in [9.17, 15) is 4.79 Å². The summed E-state index contributed by atoms with van der Waals surface area (Å²) in [6.45, 7) is 8.86. The Labute approximate surface area is 125 Å². The fourth-order valence-electron chi connectivity index (χ4n) is 2.40. The monoisotopic (exact) mass is 295 g/mol. The quantitative estimate of drug-likeness (QED) is 0.925. The molecule has 1 aromatic heterocycles. The number of carbonyl (C=O) groups excluding carboxylic acids is 1. The van der Waals surface area contributed by atoms with E-state index in [1.54, 1.807) is 12.3 Å². The van der Waals surface area contributed by atoms with E-state index in [2.05, 4.69) is 31.1 Å². The third kappa shape index (κ3) is 3.42. The largest absolute Gasteiger partial charge is 0.369 e. The van der Waals surface area contributed by atoms with Crippen LogP contribution in [0, 0.1) is 5.41 Å². The van der Waals surface area contributed by atoms with Gasteiger partial charge < -0.3 is 10.2 Å². The summed E-state index contributed by atoms with van der Waals surface area (Å²) < 4.78 is 0. The highest BCUT2D eigenvalue weighted by Crippen LogP contribution is 2.30. The minimum absolute atomic E-state index is 0.0204. The molecule has 1 aliphatic heterocycles. The standard InChI is InChI=1S/C15H22ClN3O/c1-4-6-17-13-12(16)8-11(9-18-13)14(20)19-7-5-15(2,3)10-19/h8-9H,4-7,10H2,1-3H3,(H,17,18). The number of carbonyl (C=O) groups is 1. The molecule has 0 unspecified atom stereocenters. The lowest BCUT2D eigenvalue weighted by atomic mass is 9.93. The molecule has 0 bridgehead atoms. The van der Waals surface area contributed by atoms with Crippen molar-refractivity contribution in [3.8, 4) is 0 Å². The summed E-state index contributed by atoms with van der Waals surface area (Å²) in [6.07, 6.45) is 3.65. The van der Waals surface area contributed by atoms with E-state index in [0.29, 0.717) is 16.4 Å². The Morgan fingerprint density at radius 3 is 2.85 bits per heavy atom. The SMILES string of the molecule is CCCNc1ncc(C(=O)N2CCC(C)(C)C2)cc1Cl. The topological polar surface area (TPSA) is 45.2 Å². The molecule has 0 radical (unpaired) electrons. The number of amides is 1. The molecular weight excluding hydrogens is 274 g/mol. The molecule has 1 N–H and O–H groups in total. The van der Waals surface area contributed by atoms with Crippen LogP contribution in [0.2, 0.25) is 5.02 Å². The molecule has 0 saturated carbocycles. The molecule has 0 spiro atoms. The molecule has 1 aliphatic rings. The molecule has 110 valence electrons. The first kappa shape index (κ1) is 15.1.